The van der Waals surface area contributed by atoms with Crippen molar-refractivity contribution in [1.82, 2.24) is 15.4 Å². The Morgan fingerprint density at radius 3 is 2.11 bits per heavy atom. The van der Waals surface area contributed by atoms with E-state index in [0.29, 0.717) is 12.0 Å². The van der Waals surface area contributed by atoms with Crippen molar-refractivity contribution >= 4 is 33.6 Å². The van der Waals surface area contributed by atoms with Crippen molar-refractivity contribution in [2.75, 3.05) is 5.75 Å². The highest BCUT2D eigenvalue weighted by atomic mass is 32.2. The normalized spacial score (nSPS) is 12.8. The summed E-state index contributed by atoms with van der Waals surface area (Å²) in [5.41, 5.74) is 12.9. The van der Waals surface area contributed by atoms with Crippen molar-refractivity contribution < 1.29 is 22.8 Å². The molecule has 0 spiro atoms. The van der Waals surface area contributed by atoms with Gasteiger partial charge in [0.2, 0.25) is 27.7 Å². The number of nitrogens with two attached hydrogens (primary N) is 2. The van der Waals surface area contributed by atoms with Gasteiger partial charge in [0.25, 0.3) is 0 Å². The van der Waals surface area contributed by atoms with Crippen LogP contribution in [0.1, 0.15) is 42.9 Å². The maximum atomic E-state index is 13.1. The van der Waals surface area contributed by atoms with Crippen molar-refractivity contribution in [2.45, 2.75) is 51.2 Å². The largest absolute Gasteiger partial charge is 0.384 e. The Balaban J connectivity index is 2.12. The molecular formula is C25H34N6O5S. The fraction of sp³-hybridized carbons (Fsp3) is 0.360. The Kier molecular flexibility index (Phi) is 11.2. The molecule has 8 N–H and O–H groups in total. The molecule has 200 valence electrons. The molecular weight excluding hydrogens is 496 g/mol. The van der Waals surface area contributed by atoms with E-state index >= 15 is 0 Å². The number of aryl methyl sites for hydroxylation is 1. The number of rotatable bonds is 15. The van der Waals surface area contributed by atoms with Gasteiger partial charge >= 0.3 is 0 Å². The van der Waals surface area contributed by atoms with Crippen LogP contribution < -0.4 is 26.8 Å². The summed E-state index contributed by atoms with van der Waals surface area (Å²) in [6.07, 6.45) is 0.393. The van der Waals surface area contributed by atoms with Crippen LogP contribution in [0.2, 0.25) is 0 Å². The first-order chi connectivity index (χ1) is 17.5. The first kappa shape index (κ1) is 29.5. The Morgan fingerprint density at radius 2 is 1.54 bits per heavy atom. The van der Waals surface area contributed by atoms with E-state index in [1.165, 1.54) is 6.92 Å². The summed E-state index contributed by atoms with van der Waals surface area (Å²) in [6.45, 7) is 1.58. The van der Waals surface area contributed by atoms with Crippen LogP contribution in [-0.2, 0) is 37.4 Å². The van der Waals surface area contributed by atoms with Gasteiger partial charge in [0.15, 0.2) is 0 Å². The fourth-order valence-electron chi connectivity index (χ4n) is 3.44. The molecule has 0 unspecified atom stereocenters. The van der Waals surface area contributed by atoms with Crippen LogP contribution in [-0.4, -0.2) is 49.8 Å². The summed E-state index contributed by atoms with van der Waals surface area (Å²) in [5.74, 6) is -2.16. The molecule has 37 heavy (non-hydrogen) atoms. The number of primary amides is 1. The molecule has 12 heteroatoms. The minimum atomic E-state index is -3.72. The second-order valence-corrected chi connectivity index (χ2v) is 10.5. The number of carbonyl (C=O) groups is 3. The molecule has 0 saturated heterocycles. The number of carbonyl (C=O) groups excluding carboxylic acids is 3. The first-order valence-corrected chi connectivity index (χ1v) is 13.5. The third-order valence-electron chi connectivity index (χ3n) is 5.63. The molecule has 0 aromatic heterocycles. The van der Waals surface area contributed by atoms with Gasteiger partial charge in [-0.25, -0.2) is 13.1 Å². The Bertz CT molecular complexity index is 1190. The predicted molar refractivity (Wildman–Crippen MR) is 141 cm³/mol. The minimum absolute atomic E-state index is 0.0535. The first-order valence-electron chi connectivity index (χ1n) is 11.8. The number of sulfonamides is 1. The van der Waals surface area contributed by atoms with E-state index in [1.807, 2.05) is 30.3 Å². The van der Waals surface area contributed by atoms with E-state index in [4.69, 9.17) is 16.9 Å². The average molecular weight is 531 g/mol. The van der Waals surface area contributed by atoms with Gasteiger partial charge in [0.05, 0.1) is 5.75 Å². The predicted octanol–water partition coefficient (Wildman–Crippen LogP) is 0.278. The Hall–Kier alpha value is -3.77. The van der Waals surface area contributed by atoms with Crippen LogP contribution in [0.25, 0.3) is 0 Å². The van der Waals surface area contributed by atoms with Crippen molar-refractivity contribution in [2.24, 2.45) is 11.5 Å². The number of nitrogens with one attached hydrogen (secondary N) is 4. The summed E-state index contributed by atoms with van der Waals surface area (Å²) in [5, 5.41) is 12.7. The topological polar surface area (TPSA) is 197 Å². The van der Waals surface area contributed by atoms with Crippen LogP contribution in [0.15, 0.2) is 54.6 Å². The molecule has 0 aliphatic rings. The number of hydrogen-bond donors (Lipinski definition) is 6. The molecule has 3 amide bonds. The van der Waals surface area contributed by atoms with E-state index in [1.54, 1.807) is 24.3 Å². The molecule has 2 rings (SSSR count). The highest BCUT2D eigenvalue weighted by Crippen LogP contribution is 2.09. The van der Waals surface area contributed by atoms with Crippen molar-refractivity contribution in [3.05, 3.63) is 71.3 Å². The van der Waals surface area contributed by atoms with Crippen LogP contribution in [0.4, 0.5) is 0 Å². The lowest BCUT2D eigenvalue weighted by Gasteiger charge is -2.23. The van der Waals surface area contributed by atoms with E-state index in [2.05, 4.69) is 15.4 Å². The standard InChI is InChI=1S/C25H34N6O5S/c1-2-37(35,36)31-21(13-10-17-6-4-3-5-7-17)25(34)30-20(14-15-22(26)32)24(33)29-16-18-8-11-19(12-9-18)23(27)28/h3-9,11-12,20-21,31H,2,10,13-16H2,1H3,(H2,26,32)(H3,27,28)(H,29,33)(H,30,34)/t20-,21+/m0/s1. The van der Waals surface area contributed by atoms with Gasteiger partial charge in [-0.1, -0.05) is 54.6 Å². The van der Waals surface area contributed by atoms with E-state index < -0.39 is 39.8 Å². The molecule has 0 aliphatic carbocycles. The van der Waals surface area contributed by atoms with E-state index in [-0.39, 0.29) is 37.4 Å². The Morgan fingerprint density at radius 1 is 0.892 bits per heavy atom. The number of amidine groups is 1. The smallest absolute Gasteiger partial charge is 0.242 e. The molecule has 0 radical (unpaired) electrons. The van der Waals surface area contributed by atoms with Gasteiger partial charge in [-0.3, -0.25) is 19.8 Å². The molecule has 2 aromatic carbocycles. The van der Waals surface area contributed by atoms with E-state index in [0.717, 1.165) is 11.1 Å². The molecule has 0 fully saturated rings. The highest BCUT2D eigenvalue weighted by molar-refractivity contribution is 7.89. The van der Waals surface area contributed by atoms with Crippen molar-refractivity contribution in [3.63, 3.8) is 0 Å². The van der Waals surface area contributed by atoms with Gasteiger partial charge in [-0.05, 0) is 37.3 Å². The fourth-order valence-corrected chi connectivity index (χ4v) is 4.27. The van der Waals surface area contributed by atoms with Crippen LogP contribution in [0, 0.1) is 5.41 Å². The van der Waals surface area contributed by atoms with Crippen molar-refractivity contribution in [1.29, 1.82) is 5.41 Å². The zero-order chi connectivity index (χ0) is 27.4. The SMILES string of the molecule is CCS(=O)(=O)N[C@H](CCc1ccccc1)C(=O)N[C@@H](CCC(N)=O)C(=O)NCc1ccc(C(=N)N)cc1. The maximum absolute atomic E-state index is 13.1. The summed E-state index contributed by atoms with van der Waals surface area (Å²) in [6, 6.07) is 13.8. The summed E-state index contributed by atoms with van der Waals surface area (Å²) >= 11 is 0. The monoisotopic (exact) mass is 530 g/mol. The third-order valence-corrected chi connectivity index (χ3v) is 7.03. The van der Waals surface area contributed by atoms with Crippen molar-refractivity contribution in [3.8, 4) is 0 Å². The number of hydrogen-bond acceptors (Lipinski definition) is 6. The maximum Gasteiger partial charge on any atom is 0.242 e. The number of benzene rings is 2. The lowest BCUT2D eigenvalue weighted by molar-refractivity contribution is -0.130. The summed E-state index contributed by atoms with van der Waals surface area (Å²) < 4.78 is 26.9. The lowest BCUT2D eigenvalue weighted by Crippen LogP contribution is -2.54. The Labute approximate surface area is 216 Å². The van der Waals surface area contributed by atoms with Gasteiger partial charge in [0, 0.05) is 18.5 Å². The molecule has 11 nitrogen and oxygen atoms in total. The summed E-state index contributed by atoms with van der Waals surface area (Å²) in [7, 11) is -3.72. The quantitative estimate of drug-likeness (QED) is 0.141. The van der Waals surface area contributed by atoms with Gasteiger partial charge in [-0.2, -0.15) is 0 Å². The average Bonchev–Trinajstić information content (AvgIpc) is 2.88. The zero-order valence-corrected chi connectivity index (χ0v) is 21.5. The molecule has 2 atom stereocenters. The number of amides is 3. The van der Waals surface area contributed by atoms with Gasteiger partial charge in [0.1, 0.15) is 17.9 Å². The van der Waals surface area contributed by atoms with Crippen LogP contribution in [0.3, 0.4) is 0 Å². The summed E-state index contributed by atoms with van der Waals surface area (Å²) in [4.78, 5) is 37.4. The minimum Gasteiger partial charge on any atom is -0.384 e. The third kappa shape index (κ3) is 10.4. The zero-order valence-electron chi connectivity index (χ0n) is 20.7. The second-order valence-electron chi connectivity index (χ2n) is 8.49. The van der Waals surface area contributed by atoms with Crippen LogP contribution in [0.5, 0.6) is 0 Å². The molecule has 0 saturated carbocycles. The molecule has 0 aliphatic heterocycles. The molecule has 0 heterocycles. The lowest BCUT2D eigenvalue weighted by atomic mass is 10.0. The van der Waals surface area contributed by atoms with Gasteiger partial charge < -0.3 is 22.1 Å². The van der Waals surface area contributed by atoms with E-state index in [9.17, 15) is 22.8 Å². The molecule has 2 aromatic rings. The van der Waals surface area contributed by atoms with Crippen LogP contribution >= 0.6 is 0 Å². The second kappa shape index (κ2) is 14.1. The molecule has 0 bridgehead atoms. The highest BCUT2D eigenvalue weighted by Gasteiger charge is 2.28. The van der Waals surface area contributed by atoms with Gasteiger partial charge in [-0.15, -0.1) is 0 Å². The number of nitrogen functional groups attached to an aromatic ring is 1.